The van der Waals surface area contributed by atoms with Crippen LogP contribution in [0, 0.1) is 17.5 Å². The van der Waals surface area contributed by atoms with Gasteiger partial charge in [0.1, 0.15) is 11.4 Å². The van der Waals surface area contributed by atoms with Gasteiger partial charge < -0.3 is 9.47 Å². The van der Waals surface area contributed by atoms with Crippen LogP contribution >= 0.6 is 11.8 Å². The molecule has 0 saturated carbocycles. The van der Waals surface area contributed by atoms with Crippen molar-refractivity contribution in [3.8, 4) is 28.6 Å². The van der Waals surface area contributed by atoms with Gasteiger partial charge in [-0.2, -0.15) is 4.39 Å². The lowest BCUT2D eigenvalue weighted by molar-refractivity contribution is 0.401. The van der Waals surface area contributed by atoms with Crippen molar-refractivity contribution in [2.75, 3.05) is 18.1 Å². The minimum Gasteiger partial charge on any atom is -0.497 e. The van der Waals surface area contributed by atoms with Crippen molar-refractivity contribution in [2.45, 2.75) is 10.9 Å². The van der Waals surface area contributed by atoms with Gasteiger partial charge in [0.25, 0.3) is 0 Å². The van der Waals surface area contributed by atoms with E-state index in [0.717, 1.165) is 0 Å². The molecule has 2 aromatic carbocycles. The smallest absolute Gasteiger partial charge is 0.237 e. The van der Waals surface area contributed by atoms with E-state index in [2.05, 4.69) is 15.0 Å². The number of sulfonamides is 1. The summed E-state index contributed by atoms with van der Waals surface area (Å²) >= 11 is 1.30. The fourth-order valence-electron chi connectivity index (χ4n) is 3.23. The fraction of sp³-hybridized carbons (Fsp3) is 0.125. The van der Waals surface area contributed by atoms with Crippen LogP contribution in [0.2, 0.25) is 0 Å². The Bertz CT molecular complexity index is 1540. The minimum absolute atomic E-state index is 0.168. The molecule has 0 aliphatic heterocycles. The first-order chi connectivity index (χ1) is 17.7. The second kappa shape index (κ2) is 11.0. The van der Waals surface area contributed by atoms with E-state index in [0.29, 0.717) is 33.8 Å². The lowest BCUT2D eigenvalue weighted by Gasteiger charge is -2.14. The number of benzene rings is 2. The van der Waals surface area contributed by atoms with E-state index < -0.39 is 44.7 Å². The van der Waals surface area contributed by atoms with E-state index in [1.54, 1.807) is 29.2 Å². The number of pyridine rings is 1. The van der Waals surface area contributed by atoms with Gasteiger partial charge in [0, 0.05) is 18.5 Å². The zero-order valence-electron chi connectivity index (χ0n) is 19.4. The normalized spacial score (nSPS) is 11.3. The molecule has 0 unspecified atom stereocenters. The van der Waals surface area contributed by atoms with Crippen molar-refractivity contribution in [3.05, 3.63) is 83.9 Å². The Morgan fingerprint density at radius 3 is 2.46 bits per heavy atom. The van der Waals surface area contributed by atoms with Gasteiger partial charge in [-0.1, -0.05) is 23.9 Å². The molecule has 37 heavy (non-hydrogen) atoms. The summed E-state index contributed by atoms with van der Waals surface area (Å²) in [5, 5.41) is 0.460. The third-order valence-corrected chi connectivity index (χ3v) is 6.76. The maximum atomic E-state index is 14.9. The Labute approximate surface area is 215 Å². The molecular weight excluding hydrogens is 529 g/mol. The molecule has 0 fully saturated rings. The highest BCUT2D eigenvalue weighted by Crippen LogP contribution is 2.36. The van der Waals surface area contributed by atoms with E-state index in [-0.39, 0.29) is 5.88 Å². The highest BCUT2D eigenvalue weighted by molar-refractivity contribution is 7.98. The van der Waals surface area contributed by atoms with E-state index >= 15 is 0 Å². The molecule has 0 atom stereocenters. The number of halogens is 3. The van der Waals surface area contributed by atoms with Crippen molar-refractivity contribution in [3.63, 3.8) is 0 Å². The molecule has 0 spiro atoms. The Hall–Kier alpha value is -3.84. The zero-order chi connectivity index (χ0) is 26.6. The summed E-state index contributed by atoms with van der Waals surface area (Å²) in [5.41, 5.74) is -0.122. The number of ether oxygens (including phenoxy) is 2. The summed E-state index contributed by atoms with van der Waals surface area (Å²) in [4.78, 5) is 12.4. The highest BCUT2D eigenvalue weighted by atomic mass is 32.2. The number of aromatic nitrogens is 3. The second-order valence-electron chi connectivity index (χ2n) is 7.46. The molecule has 1 N–H and O–H groups in total. The second-order valence-corrected chi connectivity index (χ2v) is 9.95. The molecule has 0 aliphatic rings. The van der Waals surface area contributed by atoms with Gasteiger partial charge in [-0.05, 0) is 42.2 Å². The third-order valence-electron chi connectivity index (χ3n) is 4.97. The summed E-state index contributed by atoms with van der Waals surface area (Å²) in [6, 6.07) is 11.3. The first kappa shape index (κ1) is 26.2. The van der Waals surface area contributed by atoms with Gasteiger partial charge in [0.05, 0.1) is 24.1 Å². The molecule has 0 radical (unpaired) electrons. The Kier molecular flexibility index (Phi) is 7.83. The van der Waals surface area contributed by atoms with Gasteiger partial charge in [-0.15, -0.1) is 0 Å². The lowest BCUT2D eigenvalue weighted by atomic mass is 10.2. The van der Waals surface area contributed by atoms with Crippen molar-refractivity contribution in [1.82, 2.24) is 15.0 Å². The van der Waals surface area contributed by atoms with Gasteiger partial charge in [-0.3, -0.25) is 4.72 Å². The molecule has 4 rings (SSSR count). The highest BCUT2D eigenvalue weighted by Gasteiger charge is 2.25. The molecule has 0 aliphatic carbocycles. The Balaban J connectivity index is 1.61. The number of methoxy groups -OCH3 is 1. The largest absolute Gasteiger partial charge is 0.497 e. The van der Waals surface area contributed by atoms with Gasteiger partial charge >= 0.3 is 0 Å². The van der Waals surface area contributed by atoms with Crippen molar-refractivity contribution in [1.29, 1.82) is 0 Å². The minimum atomic E-state index is -4.30. The predicted molar refractivity (Wildman–Crippen MR) is 133 cm³/mol. The third kappa shape index (κ3) is 6.12. The molecule has 2 heterocycles. The maximum Gasteiger partial charge on any atom is 0.237 e. The van der Waals surface area contributed by atoms with E-state index in [9.17, 15) is 21.6 Å². The predicted octanol–water partition coefficient (Wildman–Crippen LogP) is 5.42. The number of thioether (sulfide) groups is 1. The Morgan fingerprint density at radius 2 is 1.76 bits per heavy atom. The van der Waals surface area contributed by atoms with Crippen LogP contribution in [0.1, 0.15) is 5.56 Å². The van der Waals surface area contributed by atoms with Crippen molar-refractivity contribution >= 4 is 27.5 Å². The van der Waals surface area contributed by atoms with E-state index in [1.165, 1.54) is 55.5 Å². The zero-order valence-corrected chi connectivity index (χ0v) is 21.0. The summed E-state index contributed by atoms with van der Waals surface area (Å²) < 4.78 is 81.8. The molecule has 192 valence electrons. The summed E-state index contributed by atoms with van der Waals surface area (Å²) in [6.45, 7) is 0. The topological polar surface area (TPSA) is 103 Å². The average Bonchev–Trinajstić information content (AvgIpc) is 2.90. The van der Waals surface area contributed by atoms with Crippen LogP contribution in [0.25, 0.3) is 11.3 Å². The molecular formula is C24H19F3N4O4S2. The standard InChI is InChI=1S/C24H19F3N4O4S2/c1-34-15-7-5-14(6-8-15)13-37(32,33)31-22-17(25)12-19(20(26)21(22)27)35-23-16(4-3-10-28-23)18-9-11-29-24(30-18)36-2/h3-12,31H,13H2,1-2H3. The fourth-order valence-corrected chi connectivity index (χ4v) is 4.79. The van der Waals surface area contributed by atoms with Crippen molar-refractivity contribution in [2.24, 2.45) is 0 Å². The number of nitrogens with zero attached hydrogens (tertiary/aromatic N) is 3. The monoisotopic (exact) mass is 548 g/mol. The van der Waals surface area contributed by atoms with Gasteiger partial charge in [0.15, 0.2) is 22.5 Å². The summed E-state index contributed by atoms with van der Waals surface area (Å²) in [5.74, 6) is -5.85. The van der Waals surface area contributed by atoms with Crippen LogP contribution in [0.4, 0.5) is 18.9 Å². The SMILES string of the molecule is COc1ccc(CS(=O)(=O)Nc2c(F)cc(Oc3ncccc3-c3ccnc(SC)n3)c(F)c2F)cc1. The molecule has 0 amide bonds. The Morgan fingerprint density at radius 1 is 1.00 bits per heavy atom. The summed E-state index contributed by atoms with van der Waals surface area (Å²) in [6.07, 6.45) is 4.65. The van der Waals surface area contributed by atoms with E-state index in [1.807, 2.05) is 0 Å². The number of rotatable bonds is 9. The first-order valence-electron chi connectivity index (χ1n) is 10.5. The van der Waals surface area contributed by atoms with Crippen LogP contribution in [-0.2, 0) is 15.8 Å². The number of hydrogen-bond acceptors (Lipinski definition) is 8. The van der Waals surface area contributed by atoms with Crippen LogP contribution in [0.15, 0.2) is 66.1 Å². The first-order valence-corrected chi connectivity index (χ1v) is 13.4. The molecule has 8 nitrogen and oxygen atoms in total. The number of nitrogens with one attached hydrogen (secondary N) is 1. The maximum absolute atomic E-state index is 14.9. The molecule has 0 saturated heterocycles. The van der Waals surface area contributed by atoms with Crippen LogP contribution in [0.3, 0.4) is 0 Å². The van der Waals surface area contributed by atoms with E-state index in [4.69, 9.17) is 9.47 Å². The molecule has 13 heteroatoms. The lowest BCUT2D eigenvalue weighted by Crippen LogP contribution is -2.18. The molecule has 4 aromatic rings. The van der Waals surface area contributed by atoms with Gasteiger partial charge in [-0.25, -0.2) is 32.2 Å². The molecule has 0 bridgehead atoms. The number of anilines is 1. The average molecular weight is 549 g/mol. The summed E-state index contributed by atoms with van der Waals surface area (Å²) in [7, 11) is -2.85. The molecule has 2 aromatic heterocycles. The van der Waals surface area contributed by atoms with Crippen LogP contribution in [0.5, 0.6) is 17.4 Å². The van der Waals surface area contributed by atoms with Crippen LogP contribution < -0.4 is 14.2 Å². The van der Waals surface area contributed by atoms with Crippen molar-refractivity contribution < 1.29 is 31.1 Å². The van der Waals surface area contributed by atoms with Crippen LogP contribution in [-0.4, -0.2) is 36.7 Å². The number of hydrogen-bond donors (Lipinski definition) is 1. The van der Waals surface area contributed by atoms with Gasteiger partial charge in [0.2, 0.25) is 21.7 Å². The quantitative estimate of drug-likeness (QED) is 0.168.